The van der Waals surface area contributed by atoms with Crippen LogP contribution in [0.2, 0.25) is 5.02 Å². The maximum Gasteiger partial charge on any atom is 0.224 e. The number of carbonyl (C=O) groups excluding carboxylic acids is 1. The Hall–Kier alpha value is -1.11. The lowest BCUT2D eigenvalue weighted by Crippen LogP contribution is -2.45. The van der Waals surface area contributed by atoms with Gasteiger partial charge in [0.15, 0.2) is 0 Å². The van der Waals surface area contributed by atoms with E-state index in [-0.39, 0.29) is 24.1 Å². The van der Waals surface area contributed by atoms with Crippen LogP contribution in [0.1, 0.15) is 18.4 Å². The van der Waals surface area contributed by atoms with Crippen LogP contribution in [0, 0.1) is 5.92 Å². The summed E-state index contributed by atoms with van der Waals surface area (Å²) in [6.45, 7) is 0.721. The largest absolute Gasteiger partial charge is 0.359 e. The zero-order valence-electron chi connectivity index (χ0n) is 11.9. The van der Waals surface area contributed by atoms with E-state index >= 15 is 0 Å². The monoisotopic (exact) mass is 330 g/mol. The molecule has 1 aromatic rings. The SMILES string of the molecule is CNC(=O)C1CCCN(S(=O)(=O)Cc2cccc(Cl)c2)C1. The first-order chi connectivity index (χ1) is 9.92. The molecule has 7 heteroatoms. The first-order valence-electron chi connectivity index (χ1n) is 6.86. The van der Waals surface area contributed by atoms with E-state index < -0.39 is 10.0 Å². The van der Waals surface area contributed by atoms with Gasteiger partial charge in [-0.2, -0.15) is 0 Å². The number of rotatable bonds is 4. The van der Waals surface area contributed by atoms with Gasteiger partial charge < -0.3 is 5.32 Å². The number of benzene rings is 1. The molecule has 0 bridgehead atoms. The normalized spacial score (nSPS) is 20.2. The first kappa shape index (κ1) is 16.3. The van der Waals surface area contributed by atoms with Crippen LogP contribution in [0.5, 0.6) is 0 Å². The molecule has 0 radical (unpaired) electrons. The third-order valence-electron chi connectivity index (χ3n) is 3.63. The van der Waals surface area contributed by atoms with Gasteiger partial charge in [-0.05, 0) is 30.5 Å². The molecule has 1 aliphatic rings. The second-order valence-corrected chi connectivity index (χ2v) is 7.60. The number of piperidine rings is 1. The summed E-state index contributed by atoms with van der Waals surface area (Å²) < 4.78 is 26.4. The fourth-order valence-electron chi connectivity index (χ4n) is 2.54. The maximum absolute atomic E-state index is 12.5. The first-order valence-corrected chi connectivity index (χ1v) is 8.85. The Labute approximate surface area is 130 Å². The van der Waals surface area contributed by atoms with Crippen LogP contribution in [0.3, 0.4) is 0 Å². The minimum atomic E-state index is -3.43. The molecule has 0 aliphatic carbocycles. The predicted octanol–water partition coefficient (Wildman–Crippen LogP) is 1.63. The Morgan fingerprint density at radius 2 is 2.24 bits per heavy atom. The molecule has 0 aromatic heterocycles. The van der Waals surface area contributed by atoms with Crippen molar-refractivity contribution < 1.29 is 13.2 Å². The van der Waals surface area contributed by atoms with Crippen LogP contribution >= 0.6 is 11.6 Å². The van der Waals surface area contributed by atoms with E-state index in [1.165, 1.54) is 4.31 Å². The van der Waals surface area contributed by atoms with Gasteiger partial charge in [-0.1, -0.05) is 23.7 Å². The van der Waals surface area contributed by atoms with Crippen LogP contribution in [0.15, 0.2) is 24.3 Å². The van der Waals surface area contributed by atoms with Crippen molar-refractivity contribution in [3.63, 3.8) is 0 Å². The number of nitrogens with zero attached hydrogens (tertiary/aromatic N) is 1. The van der Waals surface area contributed by atoms with E-state index in [0.29, 0.717) is 23.6 Å². The van der Waals surface area contributed by atoms with Crippen molar-refractivity contribution in [2.45, 2.75) is 18.6 Å². The van der Waals surface area contributed by atoms with E-state index in [9.17, 15) is 13.2 Å². The lowest BCUT2D eigenvalue weighted by molar-refractivity contribution is -0.125. The Balaban J connectivity index is 2.10. The summed E-state index contributed by atoms with van der Waals surface area (Å²) in [7, 11) is -1.86. The number of nitrogens with one attached hydrogen (secondary N) is 1. The van der Waals surface area contributed by atoms with E-state index in [1.54, 1.807) is 31.3 Å². The van der Waals surface area contributed by atoms with E-state index in [4.69, 9.17) is 11.6 Å². The van der Waals surface area contributed by atoms with Gasteiger partial charge in [0.05, 0.1) is 11.7 Å². The van der Waals surface area contributed by atoms with Gasteiger partial charge in [0, 0.05) is 25.2 Å². The van der Waals surface area contributed by atoms with Crippen molar-refractivity contribution in [3.8, 4) is 0 Å². The highest BCUT2D eigenvalue weighted by Crippen LogP contribution is 2.22. The zero-order chi connectivity index (χ0) is 15.5. The second-order valence-electron chi connectivity index (χ2n) is 5.20. The van der Waals surface area contributed by atoms with Crippen LogP contribution in [0.4, 0.5) is 0 Å². The molecule has 1 saturated heterocycles. The lowest BCUT2D eigenvalue weighted by atomic mass is 9.99. The highest BCUT2D eigenvalue weighted by Gasteiger charge is 2.31. The van der Waals surface area contributed by atoms with Crippen LogP contribution in [-0.4, -0.2) is 38.8 Å². The molecule has 0 saturated carbocycles. The topological polar surface area (TPSA) is 66.5 Å². The third kappa shape index (κ3) is 4.18. The summed E-state index contributed by atoms with van der Waals surface area (Å²) in [6.07, 6.45) is 1.43. The molecule has 1 unspecified atom stereocenters. The minimum absolute atomic E-state index is 0.0893. The summed E-state index contributed by atoms with van der Waals surface area (Å²) >= 11 is 5.88. The Morgan fingerprint density at radius 3 is 2.90 bits per heavy atom. The summed E-state index contributed by atoms with van der Waals surface area (Å²) in [4.78, 5) is 11.7. The standard InChI is InChI=1S/C14H19ClN2O3S/c1-16-14(18)12-5-3-7-17(9-12)21(19,20)10-11-4-2-6-13(15)8-11/h2,4,6,8,12H,3,5,7,9-10H2,1H3,(H,16,18). The molecule has 2 rings (SSSR count). The van der Waals surface area contributed by atoms with Crippen LogP contribution in [-0.2, 0) is 20.6 Å². The van der Waals surface area contributed by atoms with E-state index in [2.05, 4.69) is 5.32 Å². The summed E-state index contributed by atoms with van der Waals surface area (Å²) in [5.74, 6) is -0.455. The zero-order valence-corrected chi connectivity index (χ0v) is 13.5. The quantitative estimate of drug-likeness (QED) is 0.912. The van der Waals surface area contributed by atoms with Gasteiger partial charge in [-0.15, -0.1) is 0 Å². The molecule has 5 nitrogen and oxygen atoms in total. The number of carbonyl (C=O) groups is 1. The van der Waals surface area contributed by atoms with Gasteiger partial charge in [-0.25, -0.2) is 12.7 Å². The molecular weight excluding hydrogens is 312 g/mol. The third-order valence-corrected chi connectivity index (χ3v) is 5.68. The fourth-order valence-corrected chi connectivity index (χ4v) is 4.35. The summed E-state index contributed by atoms with van der Waals surface area (Å²) in [5, 5.41) is 3.10. The van der Waals surface area contributed by atoms with E-state index in [0.717, 1.165) is 6.42 Å². The molecule has 21 heavy (non-hydrogen) atoms. The van der Waals surface area contributed by atoms with Crippen LogP contribution in [0.25, 0.3) is 0 Å². The summed E-state index contributed by atoms with van der Waals surface area (Å²) in [5.41, 5.74) is 0.657. The molecule has 1 aliphatic heterocycles. The number of halogens is 1. The van der Waals surface area contributed by atoms with E-state index in [1.807, 2.05) is 0 Å². The molecule has 1 atom stereocenters. The van der Waals surface area contributed by atoms with Crippen molar-refractivity contribution in [1.82, 2.24) is 9.62 Å². The van der Waals surface area contributed by atoms with Crippen molar-refractivity contribution in [1.29, 1.82) is 0 Å². The van der Waals surface area contributed by atoms with Crippen molar-refractivity contribution in [2.75, 3.05) is 20.1 Å². The maximum atomic E-state index is 12.5. The second kappa shape index (κ2) is 6.77. The van der Waals surface area contributed by atoms with Gasteiger partial charge >= 0.3 is 0 Å². The van der Waals surface area contributed by atoms with Gasteiger partial charge in [0.25, 0.3) is 0 Å². The Bertz CT molecular complexity index is 618. The Morgan fingerprint density at radius 1 is 1.48 bits per heavy atom. The smallest absolute Gasteiger partial charge is 0.224 e. The molecule has 0 spiro atoms. The molecular formula is C14H19ClN2O3S. The molecule has 116 valence electrons. The van der Waals surface area contributed by atoms with Crippen molar-refractivity contribution in [2.24, 2.45) is 5.92 Å². The molecule has 1 aromatic carbocycles. The average Bonchev–Trinajstić information content (AvgIpc) is 2.46. The number of hydrogen-bond donors (Lipinski definition) is 1. The molecule has 1 fully saturated rings. The average molecular weight is 331 g/mol. The Kier molecular flexibility index (Phi) is 5.24. The number of hydrogen-bond acceptors (Lipinski definition) is 3. The van der Waals surface area contributed by atoms with Gasteiger partial charge in [0.2, 0.25) is 15.9 Å². The van der Waals surface area contributed by atoms with Gasteiger partial charge in [-0.3, -0.25) is 4.79 Å². The predicted molar refractivity (Wildman–Crippen MR) is 82.4 cm³/mol. The number of amides is 1. The fraction of sp³-hybridized carbons (Fsp3) is 0.500. The van der Waals surface area contributed by atoms with Crippen LogP contribution < -0.4 is 5.32 Å². The highest BCUT2D eigenvalue weighted by molar-refractivity contribution is 7.88. The highest BCUT2D eigenvalue weighted by atomic mass is 35.5. The summed E-state index contributed by atoms with van der Waals surface area (Å²) in [6, 6.07) is 6.83. The number of sulfonamides is 1. The van der Waals surface area contributed by atoms with Crippen molar-refractivity contribution >= 4 is 27.5 Å². The molecule has 1 amide bonds. The van der Waals surface area contributed by atoms with Gasteiger partial charge in [0.1, 0.15) is 0 Å². The molecule has 1 heterocycles. The molecule has 1 N–H and O–H groups in total. The van der Waals surface area contributed by atoms with Crippen molar-refractivity contribution in [3.05, 3.63) is 34.9 Å². The lowest BCUT2D eigenvalue weighted by Gasteiger charge is -2.31. The minimum Gasteiger partial charge on any atom is -0.359 e.